The Morgan fingerprint density at radius 2 is 1.92 bits per heavy atom. The molecule has 0 saturated carbocycles. The minimum absolute atomic E-state index is 0.117. The minimum atomic E-state index is 0.117. The average Bonchev–Trinajstić information content (AvgIpc) is 3.20. The number of methoxy groups -OCH3 is 1. The number of hydrogen-bond donors (Lipinski definition) is 0. The Kier molecular flexibility index (Phi) is 4.26. The maximum absolute atomic E-state index is 12.3. The first-order chi connectivity index (χ1) is 12.6. The molecule has 2 aliphatic heterocycles. The van der Waals surface area contributed by atoms with E-state index in [9.17, 15) is 4.79 Å². The van der Waals surface area contributed by atoms with E-state index in [1.54, 1.807) is 26.4 Å². The predicted octanol–water partition coefficient (Wildman–Crippen LogP) is 2.45. The zero-order chi connectivity index (χ0) is 18.3. The van der Waals surface area contributed by atoms with Gasteiger partial charge in [-0.05, 0) is 18.1 Å². The second-order valence-electron chi connectivity index (χ2n) is 7.19. The Morgan fingerprint density at radius 3 is 2.65 bits per heavy atom. The number of nitrogens with zero attached hydrogens (tertiary/aromatic N) is 4. The summed E-state index contributed by atoms with van der Waals surface area (Å²) < 4.78 is 5.39. The average molecular weight is 352 g/mol. The topological polar surface area (TPSA) is 58.6 Å². The quantitative estimate of drug-likeness (QED) is 0.849. The van der Waals surface area contributed by atoms with Gasteiger partial charge in [0, 0.05) is 50.8 Å². The van der Waals surface area contributed by atoms with Crippen molar-refractivity contribution in [3.63, 3.8) is 0 Å². The fourth-order valence-electron chi connectivity index (χ4n) is 4.54. The summed E-state index contributed by atoms with van der Waals surface area (Å²) in [7, 11) is 1.62. The lowest BCUT2D eigenvalue weighted by Gasteiger charge is -2.30. The Balaban J connectivity index is 1.67. The molecule has 0 radical (unpaired) electrons. The molecule has 2 aliphatic rings. The van der Waals surface area contributed by atoms with Crippen molar-refractivity contribution in [2.24, 2.45) is 11.8 Å². The number of rotatable bonds is 3. The molecule has 26 heavy (non-hydrogen) atoms. The van der Waals surface area contributed by atoms with E-state index in [2.05, 4.69) is 46.1 Å². The predicted molar refractivity (Wildman–Crippen MR) is 99.1 cm³/mol. The molecule has 136 valence electrons. The molecule has 6 nitrogen and oxygen atoms in total. The third-order valence-corrected chi connectivity index (χ3v) is 5.72. The number of amides is 1. The van der Waals surface area contributed by atoms with Gasteiger partial charge in [0.25, 0.3) is 5.88 Å². The molecule has 3 atom stereocenters. The van der Waals surface area contributed by atoms with Crippen LogP contribution in [0, 0.1) is 18.8 Å². The number of carbonyl (C=O) groups excluding carboxylic acids is 1. The van der Waals surface area contributed by atoms with Crippen molar-refractivity contribution in [1.29, 1.82) is 0 Å². The van der Waals surface area contributed by atoms with E-state index in [-0.39, 0.29) is 11.9 Å². The number of aromatic nitrogens is 2. The van der Waals surface area contributed by atoms with Gasteiger partial charge in [0.2, 0.25) is 5.91 Å². The third-order valence-electron chi connectivity index (χ3n) is 5.72. The van der Waals surface area contributed by atoms with Crippen LogP contribution < -0.4 is 9.64 Å². The summed E-state index contributed by atoms with van der Waals surface area (Å²) in [5.41, 5.74) is 2.49. The second-order valence-corrected chi connectivity index (χ2v) is 7.19. The van der Waals surface area contributed by atoms with Crippen LogP contribution in [0.5, 0.6) is 5.88 Å². The molecule has 6 heteroatoms. The number of ether oxygens (including phenoxy) is 1. The molecular formula is C20H24N4O2. The SMILES string of the molecule is COc1nccnc1N1C[C@@H]2CN(C(C)=O)[C@@H](c3ccccc3C)[C@@H]2C1. The Labute approximate surface area is 153 Å². The number of aryl methyl sites for hydroxylation is 1. The van der Waals surface area contributed by atoms with Gasteiger partial charge in [-0.25, -0.2) is 9.97 Å². The van der Waals surface area contributed by atoms with Crippen LogP contribution in [0.15, 0.2) is 36.7 Å². The first kappa shape index (κ1) is 16.8. The van der Waals surface area contributed by atoms with E-state index in [1.165, 1.54) is 11.1 Å². The van der Waals surface area contributed by atoms with E-state index in [1.807, 2.05) is 4.90 Å². The highest BCUT2D eigenvalue weighted by atomic mass is 16.5. The highest BCUT2D eigenvalue weighted by Gasteiger charge is 2.49. The first-order valence-corrected chi connectivity index (χ1v) is 9.02. The van der Waals surface area contributed by atoms with Crippen molar-refractivity contribution in [1.82, 2.24) is 14.9 Å². The normalized spacial score (nSPS) is 24.7. The summed E-state index contributed by atoms with van der Waals surface area (Å²) in [6.07, 6.45) is 3.35. The lowest BCUT2D eigenvalue weighted by atomic mass is 9.87. The fraction of sp³-hybridized carbons (Fsp3) is 0.450. The van der Waals surface area contributed by atoms with Crippen molar-refractivity contribution in [2.75, 3.05) is 31.6 Å². The summed E-state index contributed by atoms with van der Waals surface area (Å²) in [5.74, 6) is 2.31. The van der Waals surface area contributed by atoms with Crippen molar-refractivity contribution in [3.05, 3.63) is 47.8 Å². The third kappa shape index (κ3) is 2.69. The molecule has 0 aliphatic carbocycles. The van der Waals surface area contributed by atoms with Crippen LogP contribution in [-0.2, 0) is 4.79 Å². The largest absolute Gasteiger partial charge is 0.478 e. The molecule has 1 aromatic heterocycles. The molecule has 2 saturated heterocycles. The van der Waals surface area contributed by atoms with Gasteiger partial charge in [0.15, 0.2) is 5.82 Å². The van der Waals surface area contributed by atoms with E-state index in [0.717, 1.165) is 25.5 Å². The summed E-state index contributed by atoms with van der Waals surface area (Å²) in [4.78, 5) is 25.4. The van der Waals surface area contributed by atoms with Gasteiger partial charge < -0.3 is 14.5 Å². The highest BCUT2D eigenvalue weighted by Crippen LogP contribution is 2.47. The fourth-order valence-corrected chi connectivity index (χ4v) is 4.54. The van der Waals surface area contributed by atoms with Gasteiger partial charge >= 0.3 is 0 Å². The number of fused-ring (bicyclic) bond motifs is 1. The molecule has 1 amide bonds. The maximum atomic E-state index is 12.3. The van der Waals surface area contributed by atoms with Gasteiger partial charge in [-0.15, -0.1) is 0 Å². The van der Waals surface area contributed by atoms with Crippen LogP contribution in [-0.4, -0.2) is 47.5 Å². The number of benzene rings is 1. The molecule has 4 rings (SSSR count). The van der Waals surface area contributed by atoms with Crippen LogP contribution in [0.3, 0.4) is 0 Å². The summed E-state index contributed by atoms with van der Waals surface area (Å²) in [6, 6.07) is 8.51. The second kappa shape index (κ2) is 6.59. The van der Waals surface area contributed by atoms with Crippen LogP contribution in [0.25, 0.3) is 0 Å². The number of carbonyl (C=O) groups is 1. The van der Waals surface area contributed by atoms with Crippen molar-refractivity contribution < 1.29 is 9.53 Å². The van der Waals surface area contributed by atoms with E-state index in [4.69, 9.17) is 4.74 Å². The van der Waals surface area contributed by atoms with Gasteiger partial charge in [0.1, 0.15) is 0 Å². The molecule has 1 aromatic carbocycles. The van der Waals surface area contributed by atoms with Gasteiger partial charge in [-0.3, -0.25) is 4.79 Å². The minimum Gasteiger partial charge on any atom is -0.478 e. The molecule has 3 heterocycles. The van der Waals surface area contributed by atoms with Crippen molar-refractivity contribution >= 4 is 11.7 Å². The van der Waals surface area contributed by atoms with Crippen LogP contribution in [0.1, 0.15) is 24.1 Å². The van der Waals surface area contributed by atoms with Crippen LogP contribution in [0.4, 0.5) is 5.82 Å². The lowest BCUT2D eigenvalue weighted by Crippen LogP contribution is -2.35. The van der Waals surface area contributed by atoms with E-state index >= 15 is 0 Å². The molecule has 0 unspecified atom stereocenters. The number of anilines is 1. The van der Waals surface area contributed by atoms with Crippen LogP contribution >= 0.6 is 0 Å². The standard InChI is InChI=1S/C20H24N4O2/c1-13-6-4-5-7-16(13)18-17-12-23(10-15(17)11-24(18)14(2)25)19-20(26-3)22-9-8-21-19/h4-9,15,17-18H,10-12H2,1-3H3/t15-,17-,18+/m1/s1. The van der Waals surface area contributed by atoms with E-state index in [0.29, 0.717) is 17.7 Å². The molecule has 2 fully saturated rings. The number of likely N-dealkylation sites (tertiary alicyclic amines) is 1. The molecule has 0 N–H and O–H groups in total. The lowest BCUT2D eigenvalue weighted by molar-refractivity contribution is -0.130. The summed E-state index contributed by atoms with van der Waals surface area (Å²) in [6.45, 7) is 6.31. The van der Waals surface area contributed by atoms with Crippen molar-refractivity contribution in [2.45, 2.75) is 19.9 Å². The Morgan fingerprint density at radius 1 is 1.15 bits per heavy atom. The Bertz CT molecular complexity index is 825. The Hall–Kier alpha value is -2.63. The van der Waals surface area contributed by atoms with Gasteiger partial charge in [0.05, 0.1) is 13.2 Å². The van der Waals surface area contributed by atoms with Crippen molar-refractivity contribution in [3.8, 4) is 5.88 Å². The first-order valence-electron chi connectivity index (χ1n) is 9.02. The van der Waals surface area contributed by atoms with Gasteiger partial charge in [-0.2, -0.15) is 0 Å². The van der Waals surface area contributed by atoms with E-state index < -0.39 is 0 Å². The molecule has 0 spiro atoms. The monoisotopic (exact) mass is 352 g/mol. The number of hydrogen-bond acceptors (Lipinski definition) is 5. The highest BCUT2D eigenvalue weighted by molar-refractivity contribution is 5.74. The van der Waals surface area contributed by atoms with Gasteiger partial charge in [-0.1, -0.05) is 24.3 Å². The molecule has 0 bridgehead atoms. The smallest absolute Gasteiger partial charge is 0.257 e. The zero-order valence-corrected chi connectivity index (χ0v) is 15.4. The zero-order valence-electron chi connectivity index (χ0n) is 15.4. The molecular weight excluding hydrogens is 328 g/mol. The summed E-state index contributed by atoms with van der Waals surface area (Å²) >= 11 is 0. The maximum Gasteiger partial charge on any atom is 0.257 e. The molecule has 2 aromatic rings. The van der Waals surface area contributed by atoms with Crippen LogP contribution in [0.2, 0.25) is 0 Å². The summed E-state index contributed by atoms with van der Waals surface area (Å²) in [5, 5.41) is 0.